The van der Waals surface area contributed by atoms with Crippen LogP contribution in [0.3, 0.4) is 0 Å². The molecule has 6 aromatic carbocycles. The van der Waals surface area contributed by atoms with E-state index in [4.69, 9.17) is 0 Å². The van der Waals surface area contributed by atoms with Crippen LogP contribution in [-0.2, 0) is 17.4 Å². The summed E-state index contributed by atoms with van der Waals surface area (Å²) >= 11 is 0. The maximum atomic E-state index is 2.43. The third-order valence-electron chi connectivity index (χ3n) is 9.08. The van der Waals surface area contributed by atoms with Crippen molar-refractivity contribution in [3.05, 3.63) is 166 Å². The largest absolute Gasteiger partial charge is 0.748 e. The first-order valence-electron chi connectivity index (χ1n) is 15.5. The van der Waals surface area contributed by atoms with Gasteiger partial charge in [-0.3, -0.25) is 0 Å². The molecule has 6 aromatic rings. The molecule has 0 bridgehead atoms. The number of hydrogen-bond acceptors (Lipinski definition) is 0. The standard InChI is InChI=1S/C37H39P2.C5H5.Cr/c1-24-14-9-18-32(28(24)5)38(33-19-10-15-25(2)29(33)6)36-22-13-23-37(36)39(34-20-11-16-26(3)30(34)7)35-21-12-17-27(4)31(35)8;1-2-4-5-3-1;/h9-23H,1-8H3;1-5H;/q-1;-5;. The van der Waals surface area contributed by atoms with Gasteiger partial charge in [0.1, 0.15) is 0 Å². The molecule has 0 aliphatic rings. The van der Waals surface area contributed by atoms with Crippen LogP contribution in [0.4, 0.5) is 0 Å². The van der Waals surface area contributed by atoms with Crippen LogP contribution < -0.4 is 31.8 Å². The quantitative estimate of drug-likeness (QED) is 0.124. The zero-order valence-corrected chi connectivity index (χ0v) is 30.9. The van der Waals surface area contributed by atoms with E-state index in [-0.39, 0.29) is 17.4 Å². The van der Waals surface area contributed by atoms with Gasteiger partial charge in [-0.25, -0.2) is 12.1 Å². The minimum absolute atomic E-state index is 0. The molecule has 0 aromatic heterocycles. The van der Waals surface area contributed by atoms with E-state index >= 15 is 0 Å². The van der Waals surface area contributed by atoms with Crippen molar-refractivity contribution in [2.45, 2.75) is 55.4 Å². The topological polar surface area (TPSA) is 0 Å². The van der Waals surface area contributed by atoms with Gasteiger partial charge in [0.25, 0.3) is 0 Å². The van der Waals surface area contributed by atoms with Crippen LogP contribution in [0.5, 0.6) is 0 Å². The maximum Gasteiger partial charge on any atom is 0 e. The Morgan fingerprint density at radius 1 is 0.422 bits per heavy atom. The van der Waals surface area contributed by atoms with Gasteiger partial charge in [-0.1, -0.05) is 80.7 Å². The number of benzene rings is 4. The molecule has 0 atom stereocenters. The second-order valence-corrected chi connectivity index (χ2v) is 16.0. The van der Waals surface area contributed by atoms with Crippen molar-refractivity contribution in [2.24, 2.45) is 0 Å². The maximum absolute atomic E-state index is 2.43. The minimum Gasteiger partial charge on any atom is -0.748 e. The predicted octanol–water partition coefficient (Wildman–Crippen LogP) is 8.79. The van der Waals surface area contributed by atoms with E-state index in [1.165, 1.54) is 76.3 Å². The Balaban J connectivity index is 0.000000700. The van der Waals surface area contributed by atoms with Crippen molar-refractivity contribution < 1.29 is 17.4 Å². The summed E-state index contributed by atoms with van der Waals surface area (Å²) in [6.45, 7) is 18.2. The fourth-order valence-corrected chi connectivity index (χ4v) is 12.0. The molecule has 3 heteroatoms. The summed E-state index contributed by atoms with van der Waals surface area (Å²) in [7, 11) is -1.47. The average molecular weight is 663 g/mol. The molecule has 0 spiro atoms. The zero-order chi connectivity index (χ0) is 31.4. The molecule has 234 valence electrons. The van der Waals surface area contributed by atoms with Gasteiger partial charge in [0.05, 0.1) is 0 Å². The van der Waals surface area contributed by atoms with Gasteiger partial charge in [0, 0.05) is 17.4 Å². The number of rotatable bonds is 6. The summed E-state index contributed by atoms with van der Waals surface area (Å²) < 4.78 is 0. The van der Waals surface area contributed by atoms with Gasteiger partial charge < -0.3 is 30.3 Å². The van der Waals surface area contributed by atoms with E-state index in [1.54, 1.807) is 0 Å². The Labute approximate surface area is 284 Å². The van der Waals surface area contributed by atoms with Crippen LogP contribution in [0.15, 0.2) is 121 Å². The van der Waals surface area contributed by atoms with E-state index in [0.717, 1.165) is 0 Å². The molecule has 0 N–H and O–H groups in total. The van der Waals surface area contributed by atoms with Gasteiger partial charge in [0.15, 0.2) is 0 Å². The van der Waals surface area contributed by atoms with E-state index < -0.39 is 15.8 Å². The van der Waals surface area contributed by atoms with Crippen molar-refractivity contribution in [3.63, 3.8) is 0 Å². The average Bonchev–Trinajstić information content (AvgIpc) is 3.74. The van der Waals surface area contributed by atoms with Crippen LogP contribution in [0.1, 0.15) is 44.5 Å². The van der Waals surface area contributed by atoms with Crippen molar-refractivity contribution in [1.82, 2.24) is 0 Å². The molecule has 45 heavy (non-hydrogen) atoms. The van der Waals surface area contributed by atoms with Crippen molar-refractivity contribution >= 4 is 47.7 Å². The molecule has 0 saturated heterocycles. The molecule has 0 fully saturated rings. The van der Waals surface area contributed by atoms with E-state index in [2.05, 4.69) is 146 Å². The summed E-state index contributed by atoms with van der Waals surface area (Å²) in [6, 6.07) is 44.7. The number of hydrogen-bond donors (Lipinski definition) is 0. The minimum atomic E-state index is -0.735. The fourth-order valence-electron chi connectivity index (χ4n) is 5.79. The third-order valence-corrected chi connectivity index (χ3v) is 14.9. The van der Waals surface area contributed by atoms with Crippen LogP contribution in [0.25, 0.3) is 0 Å². The zero-order valence-electron chi connectivity index (χ0n) is 27.8. The molecule has 6 rings (SSSR count). The molecule has 0 radical (unpaired) electrons. The number of aryl methyl sites for hydroxylation is 4. The molecular weight excluding hydrogens is 618 g/mol. The molecule has 0 aliphatic heterocycles. The van der Waals surface area contributed by atoms with Gasteiger partial charge >= 0.3 is 0 Å². The van der Waals surface area contributed by atoms with Crippen molar-refractivity contribution in [2.75, 3.05) is 0 Å². The van der Waals surface area contributed by atoms with Gasteiger partial charge in [0.2, 0.25) is 0 Å². The first-order chi connectivity index (χ1) is 21.2. The predicted molar refractivity (Wildman–Crippen MR) is 199 cm³/mol. The Kier molecular flexibility index (Phi) is 12.0. The summed E-state index contributed by atoms with van der Waals surface area (Å²) in [5, 5.41) is 8.90. The Morgan fingerprint density at radius 2 is 0.756 bits per heavy atom. The first kappa shape index (κ1) is 34.8. The normalized spacial score (nSPS) is 10.9. The van der Waals surface area contributed by atoms with E-state index in [1.807, 2.05) is 30.3 Å². The molecule has 0 aliphatic carbocycles. The second kappa shape index (κ2) is 15.5. The van der Waals surface area contributed by atoms with E-state index in [0.29, 0.717) is 0 Å². The van der Waals surface area contributed by atoms with Crippen LogP contribution in [0.2, 0.25) is 0 Å². The molecule has 0 amide bonds. The van der Waals surface area contributed by atoms with Crippen molar-refractivity contribution in [1.29, 1.82) is 0 Å². The van der Waals surface area contributed by atoms with Gasteiger partial charge in [-0.05, 0) is 129 Å². The summed E-state index contributed by atoms with van der Waals surface area (Å²) in [4.78, 5) is 0. The molecule has 0 heterocycles. The summed E-state index contributed by atoms with van der Waals surface area (Å²) in [5.74, 6) is 0. The smallest absolute Gasteiger partial charge is 0 e. The Morgan fingerprint density at radius 3 is 1.13 bits per heavy atom. The van der Waals surface area contributed by atoms with Gasteiger partial charge in [-0.2, -0.15) is 6.07 Å². The van der Waals surface area contributed by atoms with Crippen LogP contribution in [0, 0.1) is 55.4 Å². The van der Waals surface area contributed by atoms with Crippen molar-refractivity contribution in [3.8, 4) is 0 Å². The van der Waals surface area contributed by atoms with Gasteiger partial charge in [-0.15, -0.1) is 10.6 Å². The van der Waals surface area contributed by atoms with Crippen LogP contribution in [-0.4, -0.2) is 0 Å². The monoisotopic (exact) mass is 662 g/mol. The second-order valence-electron chi connectivity index (χ2n) is 11.8. The fraction of sp³-hybridized carbons (Fsp3) is 0.190. The molecule has 0 unspecified atom stereocenters. The SMILES string of the molecule is Cc1cccc(P(c2cccc(C)c2C)c2ccc[c-]2P(c2cccc(C)c2C)c2cccc(C)c2C)c1C.[Cr].[cH-]1[cH-][cH-][cH-][cH-]1. The van der Waals surface area contributed by atoms with E-state index in [9.17, 15) is 0 Å². The Bertz CT molecular complexity index is 1620. The molecule has 0 saturated carbocycles. The summed E-state index contributed by atoms with van der Waals surface area (Å²) in [6.07, 6.45) is 0. The molecule has 0 nitrogen and oxygen atoms in total. The van der Waals surface area contributed by atoms with Crippen LogP contribution >= 0.6 is 15.8 Å². The molecular formula is C42H44CrP2-6. The third kappa shape index (κ3) is 7.36. The summed E-state index contributed by atoms with van der Waals surface area (Å²) in [5.41, 5.74) is 11.1. The Hall–Kier alpha value is -3.03. The first-order valence-corrected chi connectivity index (χ1v) is 18.2.